The first-order chi connectivity index (χ1) is 12.2. The van der Waals surface area contributed by atoms with Crippen molar-refractivity contribution in [3.8, 4) is 0 Å². The lowest BCUT2D eigenvalue weighted by Crippen LogP contribution is -2.44. The molecule has 3 nitrogen and oxygen atoms in total. The van der Waals surface area contributed by atoms with E-state index in [4.69, 9.17) is 16.6 Å². The molecule has 1 aromatic carbocycles. The predicted octanol–water partition coefficient (Wildman–Crippen LogP) is 4.80. The molecule has 2 heterocycles. The van der Waals surface area contributed by atoms with Crippen molar-refractivity contribution in [3.05, 3.63) is 45.9 Å². The summed E-state index contributed by atoms with van der Waals surface area (Å²) in [5.41, 5.74) is 2.73. The Morgan fingerprint density at radius 2 is 1.68 bits per heavy atom. The number of nitrogens with zero attached hydrogens (tertiary/aromatic N) is 3. The molecule has 0 bridgehead atoms. The molecule has 2 aromatic rings. The second kappa shape index (κ2) is 7.26. The number of likely N-dealkylation sites (N-methyl/N-ethyl adjacent to an activating group) is 1. The molecule has 25 heavy (non-hydrogen) atoms. The molecule has 0 amide bonds. The molecule has 1 aliphatic carbocycles. The molecule has 4 rings (SSSR count). The van der Waals surface area contributed by atoms with Crippen LogP contribution in [0, 0.1) is 0 Å². The van der Waals surface area contributed by atoms with E-state index in [-0.39, 0.29) is 5.41 Å². The van der Waals surface area contributed by atoms with Gasteiger partial charge in [-0.15, -0.1) is 11.3 Å². The van der Waals surface area contributed by atoms with E-state index >= 15 is 0 Å². The summed E-state index contributed by atoms with van der Waals surface area (Å²) in [6.45, 7) is 4.41. The normalized spacial score (nSPS) is 21.4. The van der Waals surface area contributed by atoms with E-state index in [1.807, 2.05) is 23.5 Å². The van der Waals surface area contributed by atoms with Crippen molar-refractivity contribution >= 4 is 28.1 Å². The van der Waals surface area contributed by atoms with Crippen LogP contribution in [0.5, 0.6) is 0 Å². The zero-order valence-corrected chi connectivity index (χ0v) is 16.5. The molecule has 1 aromatic heterocycles. The zero-order chi connectivity index (χ0) is 17.3. The van der Waals surface area contributed by atoms with Crippen molar-refractivity contribution in [2.75, 3.05) is 38.1 Å². The molecule has 0 N–H and O–H groups in total. The van der Waals surface area contributed by atoms with Gasteiger partial charge in [-0.2, -0.15) is 0 Å². The van der Waals surface area contributed by atoms with E-state index in [1.54, 1.807) is 0 Å². The van der Waals surface area contributed by atoms with Crippen LogP contribution in [-0.4, -0.2) is 43.1 Å². The largest absolute Gasteiger partial charge is 0.346 e. The van der Waals surface area contributed by atoms with E-state index in [0.717, 1.165) is 31.2 Å². The van der Waals surface area contributed by atoms with Gasteiger partial charge in [0, 0.05) is 42.0 Å². The summed E-state index contributed by atoms with van der Waals surface area (Å²) >= 11 is 7.95. The van der Waals surface area contributed by atoms with Crippen LogP contribution in [0.25, 0.3) is 0 Å². The average Bonchev–Trinajstić information content (AvgIpc) is 3.14. The Labute approximate surface area is 159 Å². The first-order valence-corrected chi connectivity index (χ1v) is 10.6. The lowest BCUT2D eigenvalue weighted by molar-refractivity contribution is 0.312. The Bertz CT molecular complexity index is 698. The first kappa shape index (κ1) is 17.3. The zero-order valence-electron chi connectivity index (χ0n) is 14.9. The number of thiazole rings is 1. The predicted molar refractivity (Wildman–Crippen MR) is 107 cm³/mol. The molecule has 0 radical (unpaired) electrons. The number of rotatable bonds is 3. The third-order valence-corrected chi connectivity index (χ3v) is 7.01. The molecular weight excluding hydrogens is 350 g/mol. The van der Waals surface area contributed by atoms with Crippen molar-refractivity contribution in [1.82, 2.24) is 9.88 Å². The van der Waals surface area contributed by atoms with Crippen molar-refractivity contribution in [2.45, 2.75) is 37.5 Å². The van der Waals surface area contributed by atoms with E-state index in [0.29, 0.717) is 0 Å². The fourth-order valence-electron chi connectivity index (χ4n) is 4.24. The number of halogens is 1. The molecule has 2 fully saturated rings. The van der Waals surface area contributed by atoms with Gasteiger partial charge in [-0.05, 0) is 37.6 Å². The van der Waals surface area contributed by atoms with E-state index in [2.05, 4.69) is 34.4 Å². The number of aromatic nitrogens is 1. The molecule has 5 heteroatoms. The van der Waals surface area contributed by atoms with Gasteiger partial charge in [0.15, 0.2) is 5.13 Å². The van der Waals surface area contributed by atoms with E-state index < -0.39 is 0 Å². The first-order valence-electron chi connectivity index (χ1n) is 9.33. The van der Waals surface area contributed by atoms with E-state index in [1.165, 1.54) is 48.5 Å². The van der Waals surface area contributed by atoms with Crippen molar-refractivity contribution in [3.63, 3.8) is 0 Å². The van der Waals surface area contributed by atoms with Crippen molar-refractivity contribution in [1.29, 1.82) is 0 Å². The SMILES string of the molecule is CN1CCN(c2nc(C3(c4ccc(Cl)cc4)CCCCC3)cs2)CC1. The van der Waals surface area contributed by atoms with Gasteiger partial charge < -0.3 is 9.80 Å². The molecule has 2 aliphatic rings. The second-order valence-corrected chi connectivity index (χ2v) is 8.73. The lowest BCUT2D eigenvalue weighted by Gasteiger charge is -2.37. The van der Waals surface area contributed by atoms with Gasteiger partial charge in [0.05, 0.1) is 5.69 Å². The standard InChI is InChI=1S/C20H26ClN3S/c1-23-11-13-24(14-12-23)19-22-18(15-25-19)20(9-3-2-4-10-20)16-5-7-17(21)8-6-16/h5-8,15H,2-4,9-14H2,1H3. The molecule has 0 unspecified atom stereocenters. The van der Waals surface area contributed by atoms with Crippen LogP contribution in [0.2, 0.25) is 5.02 Å². The molecule has 1 saturated heterocycles. The van der Waals surface area contributed by atoms with Crippen LogP contribution >= 0.6 is 22.9 Å². The summed E-state index contributed by atoms with van der Waals surface area (Å²) in [7, 11) is 2.20. The summed E-state index contributed by atoms with van der Waals surface area (Å²) < 4.78 is 0. The van der Waals surface area contributed by atoms with Crippen molar-refractivity contribution in [2.24, 2.45) is 0 Å². The third kappa shape index (κ3) is 3.44. The Morgan fingerprint density at radius 3 is 2.36 bits per heavy atom. The summed E-state index contributed by atoms with van der Waals surface area (Å²) in [5, 5.41) is 4.32. The quantitative estimate of drug-likeness (QED) is 0.768. The highest BCUT2D eigenvalue weighted by Gasteiger charge is 2.38. The van der Waals surface area contributed by atoms with Crippen LogP contribution < -0.4 is 4.90 Å². The van der Waals surface area contributed by atoms with Crippen molar-refractivity contribution < 1.29 is 0 Å². The smallest absolute Gasteiger partial charge is 0.185 e. The molecule has 1 saturated carbocycles. The number of hydrogen-bond donors (Lipinski definition) is 0. The van der Waals surface area contributed by atoms with Crippen LogP contribution in [0.15, 0.2) is 29.6 Å². The molecule has 0 spiro atoms. The third-order valence-electron chi connectivity index (χ3n) is 5.86. The molecule has 1 aliphatic heterocycles. The molecule has 134 valence electrons. The van der Waals surface area contributed by atoms with Crippen LogP contribution in [0.4, 0.5) is 5.13 Å². The minimum Gasteiger partial charge on any atom is -0.346 e. The molecule has 0 atom stereocenters. The minimum absolute atomic E-state index is 0.0736. The number of piperazine rings is 1. The number of anilines is 1. The number of hydrogen-bond acceptors (Lipinski definition) is 4. The number of benzene rings is 1. The highest BCUT2D eigenvalue weighted by Crippen LogP contribution is 2.46. The van der Waals surface area contributed by atoms with Gasteiger partial charge in [0.2, 0.25) is 0 Å². The fraction of sp³-hybridized carbons (Fsp3) is 0.550. The maximum atomic E-state index is 6.14. The van der Waals surface area contributed by atoms with Gasteiger partial charge in [-0.1, -0.05) is 43.0 Å². The Hall–Kier alpha value is -1.10. The maximum absolute atomic E-state index is 6.14. The highest BCUT2D eigenvalue weighted by molar-refractivity contribution is 7.13. The summed E-state index contributed by atoms with van der Waals surface area (Å²) in [6, 6.07) is 8.48. The Kier molecular flexibility index (Phi) is 5.03. The Morgan fingerprint density at radius 1 is 1.00 bits per heavy atom. The van der Waals surface area contributed by atoms with E-state index in [9.17, 15) is 0 Å². The Balaban J connectivity index is 1.65. The summed E-state index contributed by atoms with van der Waals surface area (Å²) in [6.07, 6.45) is 6.29. The maximum Gasteiger partial charge on any atom is 0.185 e. The lowest BCUT2D eigenvalue weighted by atomic mass is 9.67. The fourth-order valence-corrected chi connectivity index (χ4v) is 5.35. The topological polar surface area (TPSA) is 19.4 Å². The van der Waals surface area contributed by atoms with Gasteiger partial charge in [0.1, 0.15) is 0 Å². The van der Waals surface area contributed by atoms with Crippen LogP contribution in [-0.2, 0) is 5.41 Å². The highest BCUT2D eigenvalue weighted by atomic mass is 35.5. The average molecular weight is 376 g/mol. The second-order valence-electron chi connectivity index (χ2n) is 7.46. The minimum atomic E-state index is 0.0736. The van der Waals surface area contributed by atoms with Crippen LogP contribution in [0.3, 0.4) is 0 Å². The van der Waals surface area contributed by atoms with Gasteiger partial charge in [-0.3, -0.25) is 0 Å². The van der Waals surface area contributed by atoms with Gasteiger partial charge in [0.25, 0.3) is 0 Å². The summed E-state index contributed by atoms with van der Waals surface area (Å²) in [4.78, 5) is 9.99. The molecular formula is C20H26ClN3S. The summed E-state index contributed by atoms with van der Waals surface area (Å²) in [5.74, 6) is 0. The van der Waals surface area contributed by atoms with Crippen LogP contribution in [0.1, 0.15) is 43.4 Å². The van der Waals surface area contributed by atoms with Gasteiger partial charge in [-0.25, -0.2) is 4.98 Å². The van der Waals surface area contributed by atoms with Gasteiger partial charge >= 0.3 is 0 Å². The monoisotopic (exact) mass is 375 g/mol.